The molecule has 2 atom stereocenters. The summed E-state index contributed by atoms with van der Waals surface area (Å²) in [7, 11) is 3.97. The first-order valence-corrected chi connectivity index (χ1v) is 10.2. The lowest BCUT2D eigenvalue weighted by Gasteiger charge is -2.19. The van der Waals surface area contributed by atoms with E-state index >= 15 is 0 Å². The number of hydrogen-bond acceptors (Lipinski definition) is 5. The van der Waals surface area contributed by atoms with Crippen molar-refractivity contribution >= 4 is 42.0 Å². The lowest BCUT2D eigenvalue weighted by Crippen LogP contribution is -2.45. The van der Waals surface area contributed by atoms with E-state index in [4.69, 9.17) is 0 Å². The Labute approximate surface area is 160 Å². The predicted octanol–water partition coefficient (Wildman–Crippen LogP) is 2.90. The molecule has 0 fully saturated rings. The van der Waals surface area contributed by atoms with Crippen molar-refractivity contribution in [2.45, 2.75) is 31.6 Å². The molecule has 0 spiro atoms. The number of thioether (sulfide) groups is 1. The van der Waals surface area contributed by atoms with Crippen molar-refractivity contribution in [1.29, 1.82) is 0 Å². The predicted molar refractivity (Wildman–Crippen MR) is 109 cm³/mol. The SMILES string of the molecule is CCC[C@H](CS)C(=O)N[C@@H](CSCc1ccc(N(C)C)cc1)C(=O)O. The van der Waals surface area contributed by atoms with Crippen LogP contribution >= 0.6 is 24.4 Å². The number of carboxylic acid groups (broad SMARTS) is 1. The first-order chi connectivity index (χ1) is 11.9. The Balaban J connectivity index is 2.52. The van der Waals surface area contributed by atoms with E-state index in [0.29, 0.717) is 23.7 Å². The van der Waals surface area contributed by atoms with E-state index in [1.807, 2.05) is 50.2 Å². The molecule has 1 amide bonds. The van der Waals surface area contributed by atoms with Gasteiger partial charge < -0.3 is 15.3 Å². The van der Waals surface area contributed by atoms with Gasteiger partial charge in [-0.3, -0.25) is 4.79 Å². The van der Waals surface area contributed by atoms with Crippen LogP contribution in [0.3, 0.4) is 0 Å². The van der Waals surface area contributed by atoms with E-state index < -0.39 is 12.0 Å². The van der Waals surface area contributed by atoms with E-state index in [0.717, 1.165) is 17.7 Å². The average Bonchev–Trinajstić information content (AvgIpc) is 2.58. The van der Waals surface area contributed by atoms with Crippen molar-refractivity contribution in [3.63, 3.8) is 0 Å². The van der Waals surface area contributed by atoms with Crippen LogP contribution in [0.1, 0.15) is 25.3 Å². The van der Waals surface area contributed by atoms with E-state index in [-0.39, 0.29) is 11.8 Å². The number of thiol groups is 1. The second-order valence-electron chi connectivity index (χ2n) is 6.14. The highest BCUT2D eigenvalue weighted by Gasteiger charge is 2.24. The molecule has 0 heterocycles. The summed E-state index contributed by atoms with van der Waals surface area (Å²) in [5, 5.41) is 12.0. The normalized spacial score (nSPS) is 13.1. The highest BCUT2D eigenvalue weighted by atomic mass is 32.2. The summed E-state index contributed by atoms with van der Waals surface area (Å²) in [4.78, 5) is 25.6. The average molecular weight is 385 g/mol. The van der Waals surface area contributed by atoms with Gasteiger partial charge in [-0.15, -0.1) is 0 Å². The largest absolute Gasteiger partial charge is 0.480 e. The number of carbonyl (C=O) groups excluding carboxylic acids is 1. The van der Waals surface area contributed by atoms with Crippen LogP contribution in [0.4, 0.5) is 5.69 Å². The number of carbonyl (C=O) groups is 2. The first-order valence-electron chi connectivity index (χ1n) is 8.37. The van der Waals surface area contributed by atoms with Gasteiger partial charge in [0.05, 0.1) is 0 Å². The molecule has 0 aliphatic carbocycles. The molecule has 5 nitrogen and oxygen atoms in total. The third kappa shape index (κ3) is 7.61. The molecule has 0 aliphatic heterocycles. The molecule has 0 radical (unpaired) electrons. The standard InChI is InChI=1S/C18H28N2O3S2/c1-4-5-14(10-24)17(21)19-16(18(22)23)12-25-11-13-6-8-15(9-7-13)20(2)3/h6-9,14,16,24H,4-5,10-12H2,1-3H3,(H,19,21)(H,22,23)/t14-,16+/m1/s1. The number of nitrogens with zero attached hydrogens (tertiary/aromatic N) is 1. The van der Waals surface area contributed by atoms with Crippen molar-refractivity contribution in [2.24, 2.45) is 5.92 Å². The van der Waals surface area contributed by atoms with Crippen LogP contribution in [0.25, 0.3) is 0 Å². The molecule has 0 bridgehead atoms. The van der Waals surface area contributed by atoms with Gasteiger partial charge in [0.15, 0.2) is 0 Å². The van der Waals surface area contributed by atoms with Crippen molar-refractivity contribution in [1.82, 2.24) is 5.32 Å². The molecule has 1 rings (SSSR count). The Bertz CT molecular complexity index is 550. The smallest absolute Gasteiger partial charge is 0.327 e. The second kappa shape index (κ2) is 11.3. The topological polar surface area (TPSA) is 69.6 Å². The minimum atomic E-state index is -1.00. The maximum atomic E-state index is 12.2. The van der Waals surface area contributed by atoms with Gasteiger partial charge in [0.2, 0.25) is 5.91 Å². The summed E-state index contributed by atoms with van der Waals surface area (Å²) in [6.45, 7) is 2.00. The molecule has 0 saturated heterocycles. The number of benzene rings is 1. The van der Waals surface area contributed by atoms with Crippen molar-refractivity contribution in [3.8, 4) is 0 Å². The van der Waals surface area contributed by atoms with Crippen LogP contribution < -0.4 is 10.2 Å². The molecule has 0 aliphatic rings. The molecule has 25 heavy (non-hydrogen) atoms. The second-order valence-corrected chi connectivity index (χ2v) is 7.54. The summed E-state index contributed by atoms with van der Waals surface area (Å²) < 4.78 is 0. The summed E-state index contributed by atoms with van der Waals surface area (Å²) in [5.74, 6) is 0.00890. The molecule has 0 unspecified atom stereocenters. The molecule has 1 aromatic rings. The molecule has 0 aromatic heterocycles. The number of nitrogens with one attached hydrogen (secondary N) is 1. The van der Waals surface area contributed by atoms with Gasteiger partial charge in [0.1, 0.15) is 6.04 Å². The van der Waals surface area contributed by atoms with E-state index in [1.165, 1.54) is 11.8 Å². The minimum Gasteiger partial charge on any atom is -0.480 e. The highest BCUT2D eigenvalue weighted by Crippen LogP contribution is 2.18. The Kier molecular flexibility index (Phi) is 9.82. The molecular formula is C18H28N2O3S2. The fourth-order valence-electron chi connectivity index (χ4n) is 2.30. The maximum absolute atomic E-state index is 12.2. The summed E-state index contributed by atoms with van der Waals surface area (Å²) >= 11 is 5.69. The quantitative estimate of drug-likeness (QED) is 0.512. The van der Waals surface area contributed by atoms with Crippen LogP contribution in [0, 0.1) is 5.92 Å². The van der Waals surface area contributed by atoms with Gasteiger partial charge in [0.25, 0.3) is 0 Å². The van der Waals surface area contributed by atoms with E-state index in [9.17, 15) is 14.7 Å². The zero-order valence-electron chi connectivity index (χ0n) is 15.1. The minimum absolute atomic E-state index is 0.222. The number of hydrogen-bond donors (Lipinski definition) is 3. The number of aliphatic carboxylic acids is 1. The van der Waals surface area contributed by atoms with E-state index in [1.54, 1.807) is 0 Å². The van der Waals surface area contributed by atoms with Crippen molar-refractivity contribution < 1.29 is 14.7 Å². The maximum Gasteiger partial charge on any atom is 0.327 e. The van der Waals surface area contributed by atoms with Crippen LogP contribution in [0.2, 0.25) is 0 Å². The molecule has 0 saturated carbocycles. The third-order valence-corrected chi connectivity index (χ3v) is 5.40. The van der Waals surface area contributed by atoms with Gasteiger partial charge in [-0.1, -0.05) is 25.5 Å². The Morgan fingerprint density at radius 2 is 1.92 bits per heavy atom. The van der Waals surface area contributed by atoms with Gasteiger partial charge in [0, 0.05) is 43.0 Å². The van der Waals surface area contributed by atoms with Gasteiger partial charge >= 0.3 is 5.97 Å². The number of rotatable bonds is 11. The van der Waals surface area contributed by atoms with Crippen LogP contribution in [0.5, 0.6) is 0 Å². The lowest BCUT2D eigenvalue weighted by molar-refractivity contribution is -0.141. The highest BCUT2D eigenvalue weighted by molar-refractivity contribution is 7.98. The first kappa shape index (κ1) is 21.7. The summed E-state index contributed by atoms with van der Waals surface area (Å²) in [5.41, 5.74) is 2.25. The fourth-order valence-corrected chi connectivity index (χ4v) is 3.66. The van der Waals surface area contributed by atoms with Crippen LogP contribution in [0.15, 0.2) is 24.3 Å². The summed E-state index contributed by atoms with van der Waals surface area (Å²) in [6, 6.07) is 7.27. The Morgan fingerprint density at radius 3 is 2.40 bits per heavy atom. The zero-order chi connectivity index (χ0) is 18.8. The van der Waals surface area contributed by atoms with Gasteiger partial charge in [-0.05, 0) is 24.1 Å². The van der Waals surface area contributed by atoms with Gasteiger partial charge in [-0.25, -0.2) is 4.79 Å². The number of amides is 1. The Hall–Kier alpha value is -1.34. The van der Waals surface area contributed by atoms with Gasteiger partial charge in [-0.2, -0.15) is 24.4 Å². The van der Waals surface area contributed by atoms with Crippen LogP contribution in [-0.2, 0) is 15.3 Å². The fraction of sp³-hybridized carbons (Fsp3) is 0.556. The van der Waals surface area contributed by atoms with E-state index in [2.05, 4.69) is 17.9 Å². The lowest BCUT2D eigenvalue weighted by atomic mass is 10.0. The zero-order valence-corrected chi connectivity index (χ0v) is 16.8. The van der Waals surface area contributed by atoms with Crippen molar-refractivity contribution in [2.75, 3.05) is 30.5 Å². The molecular weight excluding hydrogens is 356 g/mol. The molecule has 140 valence electrons. The molecule has 1 aromatic carbocycles. The van der Waals surface area contributed by atoms with Crippen molar-refractivity contribution in [3.05, 3.63) is 29.8 Å². The van der Waals surface area contributed by atoms with Crippen LogP contribution in [-0.4, -0.2) is 48.6 Å². The number of anilines is 1. The third-order valence-electron chi connectivity index (χ3n) is 3.85. The Morgan fingerprint density at radius 1 is 1.28 bits per heavy atom. The molecule has 7 heteroatoms. The number of carboxylic acids is 1. The monoisotopic (exact) mass is 384 g/mol. The summed E-state index contributed by atoms with van der Waals surface area (Å²) in [6.07, 6.45) is 1.58. The molecule has 2 N–H and O–H groups in total.